The van der Waals surface area contributed by atoms with E-state index in [2.05, 4.69) is 5.32 Å². The summed E-state index contributed by atoms with van der Waals surface area (Å²) in [5, 5.41) is 2.80. The van der Waals surface area contributed by atoms with Crippen LogP contribution in [0.4, 0.5) is 10.5 Å². The maximum absolute atomic E-state index is 12.4. The van der Waals surface area contributed by atoms with E-state index in [1.54, 1.807) is 16.9 Å². The van der Waals surface area contributed by atoms with Crippen molar-refractivity contribution in [3.8, 4) is 0 Å². The molecule has 120 valence electrons. The fourth-order valence-electron chi connectivity index (χ4n) is 2.37. The average molecular weight is 305 g/mol. The largest absolute Gasteiger partial charge is 0.385 e. The Morgan fingerprint density at radius 3 is 2.68 bits per heavy atom. The molecule has 22 heavy (non-hydrogen) atoms. The Morgan fingerprint density at radius 1 is 1.27 bits per heavy atom. The Balaban J connectivity index is 1.83. The second-order valence-electron chi connectivity index (χ2n) is 5.39. The molecule has 2 rings (SSSR count). The molecule has 0 atom stereocenters. The van der Waals surface area contributed by atoms with Gasteiger partial charge in [0.15, 0.2) is 0 Å². The van der Waals surface area contributed by atoms with Crippen molar-refractivity contribution in [1.82, 2.24) is 10.2 Å². The first-order chi connectivity index (χ1) is 10.6. The molecule has 1 saturated heterocycles. The number of ether oxygens (including phenoxy) is 1. The summed E-state index contributed by atoms with van der Waals surface area (Å²) >= 11 is 0. The number of nitrogens with zero attached hydrogens (tertiary/aromatic N) is 2. The highest BCUT2D eigenvalue weighted by molar-refractivity contribution is 5.96. The van der Waals surface area contributed by atoms with Crippen molar-refractivity contribution in [3.63, 3.8) is 0 Å². The second kappa shape index (κ2) is 7.79. The summed E-state index contributed by atoms with van der Waals surface area (Å²) in [5.41, 5.74) is 2.03. The summed E-state index contributed by atoms with van der Waals surface area (Å²) in [7, 11) is 1.63. The quantitative estimate of drug-likeness (QED) is 0.774. The monoisotopic (exact) mass is 305 g/mol. The van der Waals surface area contributed by atoms with E-state index in [0.29, 0.717) is 26.2 Å². The maximum Gasteiger partial charge on any atom is 0.325 e. The molecule has 0 radical (unpaired) electrons. The third-order valence-corrected chi connectivity index (χ3v) is 3.62. The first-order valence-corrected chi connectivity index (χ1v) is 7.50. The number of amides is 3. The van der Waals surface area contributed by atoms with Crippen LogP contribution in [0.5, 0.6) is 0 Å². The van der Waals surface area contributed by atoms with Gasteiger partial charge in [-0.2, -0.15) is 0 Å². The van der Waals surface area contributed by atoms with Gasteiger partial charge < -0.3 is 15.0 Å². The third kappa shape index (κ3) is 4.21. The van der Waals surface area contributed by atoms with Crippen LogP contribution in [0.2, 0.25) is 0 Å². The molecule has 1 heterocycles. The van der Waals surface area contributed by atoms with E-state index in [-0.39, 0.29) is 18.5 Å². The number of rotatable bonds is 7. The van der Waals surface area contributed by atoms with Gasteiger partial charge in [-0.05, 0) is 25.5 Å². The van der Waals surface area contributed by atoms with E-state index in [1.165, 1.54) is 0 Å². The van der Waals surface area contributed by atoms with Gasteiger partial charge in [-0.15, -0.1) is 0 Å². The first-order valence-electron chi connectivity index (χ1n) is 7.50. The summed E-state index contributed by atoms with van der Waals surface area (Å²) in [5.74, 6) is -0.129. The Morgan fingerprint density at radius 2 is 2.00 bits per heavy atom. The number of anilines is 1. The van der Waals surface area contributed by atoms with E-state index >= 15 is 0 Å². The first kappa shape index (κ1) is 16.3. The molecule has 1 N–H and O–H groups in total. The molecule has 1 aliphatic rings. The standard InChI is InChI=1S/C16H23N3O3/c1-13-4-6-14(7-5-13)19-10-9-18(16(19)21)12-15(20)17-8-3-11-22-2/h4-7H,3,8-12H2,1-2H3,(H,17,20). The lowest BCUT2D eigenvalue weighted by Crippen LogP contribution is -2.40. The predicted molar refractivity (Wildman–Crippen MR) is 85.0 cm³/mol. The number of carbonyl (C=O) groups is 2. The molecule has 0 aromatic heterocycles. The van der Waals surface area contributed by atoms with Crippen LogP contribution >= 0.6 is 0 Å². The van der Waals surface area contributed by atoms with Crippen molar-refractivity contribution >= 4 is 17.6 Å². The van der Waals surface area contributed by atoms with E-state index in [1.807, 2.05) is 31.2 Å². The van der Waals surface area contributed by atoms with Crippen LogP contribution in [0.25, 0.3) is 0 Å². The third-order valence-electron chi connectivity index (χ3n) is 3.62. The van der Waals surface area contributed by atoms with Gasteiger partial charge in [-0.3, -0.25) is 9.69 Å². The molecule has 6 heteroatoms. The number of hydrogen-bond acceptors (Lipinski definition) is 3. The van der Waals surface area contributed by atoms with Crippen LogP contribution in [0.3, 0.4) is 0 Å². The lowest BCUT2D eigenvalue weighted by molar-refractivity contribution is -0.121. The maximum atomic E-state index is 12.4. The van der Waals surface area contributed by atoms with Gasteiger partial charge >= 0.3 is 6.03 Å². The number of methoxy groups -OCH3 is 1. The van der Waals surface area contributed by atoms with Gasteiger partial charge in [0.2, 0.25) is 5.91 Å². The van der Waals surface area contributed by atoms with Crippen LogP contribution in [-0.4, -0.2) is 56.7 Å². The van der Waals surface area contributed by atoms with Gasteiger partial charge in [0, 0.05) is 39.0 Å². The van der Waals surface area contributed by atoms with Crippen LogP contribution in [-0.2, 0) is 9.53 Å². The average Bonchev–Trinajstić information content (AvgIpc) is 2.86. The van der Waals surface area contributed by atoms with Crippen LogP contribution in [0, 0.1) is 6.92 Å². The summed E-state index contributed by atoms with van der Waals surface area (Å²) in [6, 6.07) is 7.71. The SMILES string of the molecule is COCCCNC(=O)CN1CCN(c2ccc(C)cc2)C1=O. The van der Waals surface area contributed by atoms with Crippen molar-refractivity contribution in [2.45, 2.75) is 13.3 Å². The zero-order chi connectivity index (χ0) is 15.9. The van der Waals surface area contributed by atoms with Crippen LogP contribution < -0.4 is 10.2 Å². The van der Waals surface area contributed by atoms with Crippen molar-refractivity contribution < 1.29 is 14.3 Å². The van der Waals surface area contributed by atoms with Crippen molar-refractivity contribution in [2.24, 2.45) is 0 Å². The molecule has 0 bridgehead atoms. The molecule has 0 unspecified atom stereocenters. The number of carbonyl (C=O) groups excluding carboxylic acids is 2. The van der Waals surface area contributed by atoms with Crippen molar-refractivity contribution in [1.29, 1.82) is 0 Å². The Bertz CT molecular complexity index is 516. The Hall–Kier alpha value is -2.08. The van der Waals surface area contributed by atoms with E-state index < -0.39 is 0 Å². The van der Waals surface area contributed by atoms with Gasteiger partial charge in [0.25, 0.3) is 0 Å². The van der Waals surface area contributed by atoms with Gasteiger partial charge in [0.1, 0.15) is 6.54 Å². The number of nitrogens with one attached hydrogen (secondary N) is 1. The van der Waals surface area contributed by atoms with E-state index in [4.69, 9.17) is 4.74 Å². The lowest BCUT2D eigenvalue weighted by Gasteiger charge is -2.18. The van der Waals surface area contributed by atoms with E-state index in [9.17, 15) is 9.59 Å². The second-order valence-corrected chi connectivity index (χ2v) is 5.39. The zero-order valence-electron chi connectivity index (χ0n) is 13.2. The molecule has 1 aromatic carbocycles. The molecule has 1 aromatic rings. The highest BCUT2D eigenvalue weighted by Gasteiger charge is 2.30. The Kier molecular flexibility index (Phi) is 5.77. The normalized spacial score (nSPS) is 14.5. The smallest absolute Gasteiger partial charge is 0.325 e. The van der Waals surface area contributed by atoms with Gasteiger partial charge in [0.05, 0.1) is 0 Å². The summed E-state index contributed by atoms with van der Waals surface area (Å²) in [6.45, 7) is 4.47. The molecule has 0 saturated carbocycles. The molecular weight excluding hydrogens is 282 g/mol. The molecule has 1 aliphatic heterocycles. The fraction of sp³-hybridized carbons (Fsp3) is 0.500. The highest BCUT2D eigenvalue weighted by Crippen LogP contribution is 2.20. The van der Waals surface area contributed by atoms with Gasteiger partial charge in [-0.1, -0.05) is 17.7 Å². The van der Waals surface area contributed by atoms with Gasteiger partial charge in [-0.25, -0.2) is 4.79 Å². The van der Waals surface area contributed by atoms with Crippen molar-refractivity contribution in [3.05, 3.63) is 29.8 Å². The highest BCUT2D eigenvalue weighted by atomic mass is 16.5. The molecule has 0 aliphatic carbocycles. The number of urea groups is 1. The lowest BCUT2D eigenvalue weighted by atomic mass is 10.2. The summed E-state index contributed by atoms with van der Waals surface area (Å²) in [4.78, 5) is 27.5. The molecular formula is C16H23N3O3. The summed E-state index contributed by atoms with van der Waals surface area (Å²) < 4.78 is 4.92. The van der Waals surface area contributed by atoms with Crippen LogP contribution in [0.15, 0.2) is 24.3 Å². The minimum atomic E-state index is -0.129. The van der Waals surface area contributed by atoms with Crippen LogP contribution in [0.1, 0.15) is 12.0 Å². The molecule has 1 fully saturated rings. The molecule has 0 spiro atoms. The molecule has 3 amide bonds. The number of benzene rings is 1. The molecule has 6 nitrogen and oxygen atoms in total. The number of aryl methyl sites for hydroxylation is 1. The fourth-order valence-corrected chi connectivity index (χ4v) is 2.37. The Labute approximate surface area is 131 Å². The summed E-state index contributed by atoms with van der Waals surface area (Å²) in [6.07, 6.45) is 0.770. The minimum absolute atomic E-state index is 0.105. The van der Waals surface area contributed by atoms with E-state index in [0.717, 1.165) is 17.7 Å². The zero-order valence-corrected chi connectivity index (χ0v) is 13.2. The van der Waals surface area contributed by atoms with Crippen molar-refractivity contribution in [2.75, 3.05) is 44.8 Å². The predicted octanol–water partition coefficient (Wildman–Crippen LogP) is 1.39. The number of hydrogen-bond donors (Lipinski definition) is 1. The topological polar surface area (TPSA) is 61.9 Å². The minimum Gasteiger partial charge on any atom is -0.385 e.